The second-order valence-electron chi connectivity index (χ2n) is 2.84. The van der Waals surface area contributed by atoms with Gasteiger partial charge in [0.15, 0.2) is 0 Å². The Balaban J connectivity index is 3.51. The molecule has 0 atom stereocenters. The molecule has 16 heavy (non-hydrogen) atoms. The van der Waals surface area contributed by atoms with Crippen LogP contribution >= 0.6 is 11.6 Å². The standard InChI is InChI=1S/C9H7ClFNO4/c1-16-9(13)8-5(4-10)2-6(11)3-7(8)12(14)15/h2-3H,4H2,1H3. The van der Waals surface area contributed by atoms with Gasteiger partial charge in [-0.05, 0) is 11.6 Å². The molecule has 7 heteroatoms. The predicted molar refractivity (Wildman–Crippen MR) is 54.0 cm³/mol. The number of rotatable bonds is 3. The highest BCUT2D eigenvalue weighted by atomic mass is 35.5. The van der Waals surface area contributed by atoms with Crippen molar-refractivity contribution in [1.29, 1.82) is 0 Å². The zero-order valence-corrected chi connectivity index (χ0v) is 8.95. The van der Waals surface area contributed by atoms with Crippen molar-refractivity contribution in [2.45, 2.75) is 5.88 Å². The molecular formula is C9H7ClFNO4. The zero-order chi connectivity index (χ0) is 12.3. The fourth-order valence-corrected chi connectivity index (χ4v) is 1.45. The van der Waals surface area contributed by atoms with Crippen LogP contribution in [0.3, 0.4) is 0 Å². The van der Waals surface area contributed by atoms with E-state index in [2.05, 4.69) is 4.74 Å². The number of benzene rings is 1. The molecule has 0 amide bonds. The number of hydrogen-bond acceptors (Lipinski definition) is 4. The highest BCUT2D eigenvalue weighted by Crippen LogP contribution is 2.26. The number of carbonyl (C=O) groups is 1. The Hall–Kier alpha value is -1.69. The third-order valence-electron chi connectivity index (χ3n) is 1.89. The molecule has 0 aliphatic carbocycles. The smallest absolute Gasteiger partial charge is 0.345 e. The molecule has 1 aromatic rings. The number of methoxy groups -OCH3 is 1. The van der Waals surface area contributed by atoms with Crippen molar-refractivity contribution in [1.82, 2.24) is 0 Å². The van der Waals surface area contributed by atoms with Crippen LogP contribution in [0.4, 0.5) is 10.1 Å². The van der Waals surface area contributed by atoms with Gasteiger partial charge in [0.05, 0.1) is 18.1 Å². The molecule has 0 fully saturated rings. The third-order valence-corrected chi connectivity index (χ3v) is 2.18. The van der Waals surface area contributed by atoms with Crippen LogP contribution in [0.1, 0.15) is 15.9 Å². The first-order valence-electron chi connectivity index (χ1n) is 4.12. The summed E-state index contributed by atoms with van der Waals surface area (Å²) in [5.41, 5.74) is -0.938. The summed E-state index contributed by atoms with van der Waals surface area (Å²) in [5.74, 6) is -1.96. The lowest BCUT2D eigenvalue weighted by Gasteiger charge is -2.06. The van der Waals surface area contributed by atoms with E-state index in [1.807, 2.05) is 0 Å². The van der Waals surface area contributed by atoms with Gasteiger partial charge in [-0.2, -0.15) is 0 Å². The molecule has 0 radical (unpaired) electrons. The average Bonchev–Trinajstić information content (AvgIpc) is 2.26. The number of nitrogens with zero attached hydrogens (tertiary/aromatic N) is 1. The molecule has 1 rings (SSSR count). The number of halogens is 2. The minimum atomic E-state index is -0.914. The van der Waals surface area contributed by atoms with E-state index in [1.54, 1.807) is 0 Å². The summed E-state index contributed by atoms with van der Waals surface area (Å²) in [4.78, 5) is 21.1. The maximum Gasteiger partial charge on any atom is 0.345 e. The van der Waals surface area contributed by atoms with Gasteiger partial charge >= 0.3 is 5.97 Å². The average molecular weight is 248 g/mol. The lowest BCUT2D eigenvalue weighted by molar-refractivity contribution is -0.385. The summed E-state index contributed by atoms with van der Waals surface area (Å²) in [5, 5.41) is 10.7. The summed E-state index contributed by atoms with van der Waals surface area (Å²) in [6, 6.07) is 1.62. The Kier molecular flexibility index (Phi) is 3.78. The molecule has 0 saturated heterocycles. The highest BCUT2D eigenvalue weighted by molar-refractivity contribution is 6.17. The van der Waals surface area contributed by atoms with Crippen LogP contribution in [0.2, 0.25) is 0 Å². The maximum absolute atomic E-state index is 13.0. The number of nitro benzene ring substituents is 1. The van der Waals surface area contributed by atoms with Gasteiger partial charge in [-0.1, -0.05) is 0 Å². The molecule has 0 saturated carbocycles. The molecule has 1 aromatic carbocycles. The molecule has 0 spiro atoms. The van der Waals surface area contributed by atoms with E-state index in [9.17, 15) is 19.3 Å². The Morgan fingerprint density at radius 3 is 2.69 bits per heavy atom. The number of hydrogen-bond donors (Lipinski definition) is 0. The molecular weight excluding hydrogens is 241 g/mol. The van der Waals surface area contributed by atoms with E-state index in [0.717, 1.165) is 13.2 Å². The van der Waals surface area contributed by atoms with Crippen LogP contribution in [-0.2, 0) is 10.6 Å². The largest absolute Gasteiger partial charge is 0.465 e. The van der Waals surface area contributed by atoms with Crippen molar-refractivity contribution in [3.8, 4) is 0 Å². The summed E-state index contributed by atoms with van der Waals surface area (Å²) >= 11 is 5.48. The van der Waals surface area contributed by atoms with Crippen molar-refractivity contribution in [2.24, 2.45) is 0 Å². The van der Waals surface area contributed by atoms with Gasteiger partial charge in [-0.15, -0.1) is 11.6 Å². The van der Waals surface area contributed by atoms with Gasteiger partial charge in [0, 0.05) is 5.88 Å². The van der Waals surface area contributed by atoms with E-state index in [0.29, 0.717) is 6.07 Å². The minimum absolute atomic E-state index is 0.0280. The Labute approximate surface area is 94.9 Å². The van der Waals surface area contributed by atoms with E-state index >= 15 is 0 Å². The van der Waals surface area contributed by atoms with Gasteiger partial charge in [0.25, 0.3) is 5.69 Å². The van der Waals surface area contributed by atoms with Crippen molar-refractivity contribution < 1.29 is 18.8 Å². The van der Waals surface area contributed by atoms with Crippen LogP contribution in [-0.4, -0.2) is 18.0 Å². The lowest BCUT2D eigenvalue weighted by Crippen LogP contribution is -2.09. The fraction of sp³-hybridized carbons (Fsp3) is 0.222. The first-order valence-corrected chi connectivity index (χ1v) is 4.65. The second-order valence-corrected chi connectivity index (χ2v) is 3.11. The Morgan fingerprint density at radius 2 is 2.25 bits per heavy atom. The van der Waals surface area contributed by atoms with Crippen molar-refractivity contribution in [2.75, 3.05) is 7.11 Å². The van der Waals surface area contributed by atoms with Gasteiger partial charge in [0.1, 0.15) is 11.4 Å². The monoisotopic (exact) mass is 247 g/mol. The molecule has 0 aliphatic rings. The first kappa shape index (κ1) is 12.4. The zero-order valence-electron chi connectivity index (χ0n) is 8.20. The van der Waals surface area contributed by atoms with E-state index in [4.69, 9.17) is 11.6 Å². The minimum Gasteiger partial charge on any atom is -0.465 e. The number of nitro groups is 1. The molecule has 0 aromatic heterocycles. The number of alkyl halides is 1. The summed E-state index contributed by atoms with van der Waals surface area (Å²) < 4.78 is 17.4. The molecule has 0 N–H and O–H groups in total. The molecule has 0 bridgehead atoms. The van der Waals surface area contributed by atoms with Gasteiger partial charge in [-0.25, -0.2) is 9.18 Å². The summed E-state index contributed by atoms with van der Waals surface area (Å²) in [6.07, 6.45) is 0. The molecule has 5 nitrogen and oxygen atoms in total. The third kappa shape index (κ3) is 2.27. The molecule has 0 unspecified atom stereocenters. The van der Waals surface area contributed by atoms with Crippen LogP contribution in [0.15, 0.2) is 12.1 Å². The lowest BCUT2D eigenvalue weighted by atomic mass is 10.1. The van der Waals surface area contributed by atoms with Crippen LogP contribution in [0.5, 0.6) is 0 Å². The Morgan fingerprint density at radius 1 is 1.62 bits per heavy atom. The normalized spacial score (nSPS) is 9.94. The number of esters is 1. The van der Waals surface area contributed by atoms with Crippen LogP contribution in [0, 0.1) is 15.9 Å². The summed E-state index contributed by atoms with van der Waals surface area (Å²) in [6.45, 7) is 0. The molecule has 0 heterocycles. The number of carbonyl (C=O) groups excluding carboxylic acids is 1. The van der Waals surface area contributed by atoms with E-state index in [-0.39, 0.29) is 17.0 Å². The van der Waals surface area contributed by atoms with E-state index < -0.39 is 22.4 Å². The first-order chi connectivity index (χ1) is 7.51. The van der Waals surface area contributed by atoms with Crippen LogP contribution in [0.25, 0.3) is 0 Å². The van der Waals surface area contributed by atoms with Crippen molar-refractivity contribution in [3.05, 3.63) is 39.2 Å². The topological polar surface area (TPSA) is 69.4 Å². The van der Waals surface area contributed by atoms with E-state index in [1.165, 1.54) is 0 Å². The van der Waals surface area contributed by atoms with Crippen LogP contribution < -0.4 is 0 Å². The maximum atomic E-state index is 13.0. The van der Waals surface area contributed by atoms with Gasteiger partial charge in [0.2, 0.25) is 0 Å². The molecule has 86 valence electrons. The quantitative estimate of drug-likeness (QED) is 0.356. The molecule has 0 aliphatic heterocycles. The highest BCUT2D eigenvalue weighted by Gasteiger charge is 2.25. The Bertz CT molecular complexity index is 449. The predicted octanol–water partition coefficient (Wildman–Crippen LogP) is 2.26. The SMILES string of the molecule is COC(=O)c1c(CCl)cc(F)cc1[N+](=O)[O-]. The van der Waals surface area contributed by atoms with Gasteiger partial charge in [-0.3, -0.25) is 10.1 Å². The number of ether oxygens (including phenoxy) is 1. The van der Waals surface area contributed by atoms with Crippen molar-refractivity contribution in [3.63, 3.8) is 0 Å². The van der Waals surface area contributed by atoms with Crippen molar-refractivity contribution >= 4 is 23.3 Å². The summed E-state index contributed by atoms with van der Waals surface area (Å²) in [7, 11) is 1.08. The fourth-order valence-electron chi connectivity index (χ4n) is 1.23. The second kappa shape index (κ2) is 4.89. The van der Waals surface area contributed by atoms with Gasteiger partial charge < -0.3 is 4.74 Å².